The van der Waals surface area contributed by atoms with E-state index in [1.54, 1.807) is 23.1 Å². The Kier molecular flexibility index (Phi) is 10.3. The average Bonchev–Trinajstić information content (AvgIpc) is 3.55. The van der Waals surface area contributed by atoms with Crippen molar-refractivity contribution in [2.24, 2.45) is 10.9 Å². The molecule has 0 amide bonds. The van der Waals surface area contributed by atoms with Gasteiger partial charge in [0.15, 0.2) is 5.96 Å². The van der Waals surface area contributed by atoms with Crippen molar-refractivity contribution in [3.8, 4) is 5.75 Å². The first-order valence-electron chi connectivity index (χ1n) is 9.79. The van der Waals surface area contributed by atoms with Gasteiger partial charge in [0.05, 0.1) is 12.4 Å². The number of nitrogens with zero attached hydrogens (tertiary/aromatic N) is 2. The monoisotopic (exact) mass is 554 g/mol. The second-order valence-electron chi connectivity index (χ2n) is 7.04. The van der Waals surface area contributed by atoms with Crippen LogP contribution in [-0.2, 0) is 16.6 Å². The van der Waals surface area contributed by atoms with Crippen LogP contribution >= 0.6 is 35.7 Å². The molecule has 2 aliphatic rings. The van der Waals surface area contributed by atoms with E-state index in [9.17, 15) is 8.42 Å². The zero-order valence-corrected chi connectivity index (χ0v) is 20.8. The van der Waals surface area contributed by atoms with E-state index in [4.69, 9.17) is 4.74 Å². The predicted molar refractivity (Wildman–Crippen MR) is 131 cm³/mol. The van der Waals surface area contributed by atoms with E-state index in [1.807, 2.05) is 24.3 Å². The number of thioether (sulfide) groups is 1. The van der Waals surface area contributed by atoms with Gasteiger partial charge in [-0.3, -0.25) is 4.99 Å². The maximum Gasteiger partial charge on any atom is 0.215 e. The Balaban J connectivity index is 0.00000300. The molecule has 1 aromatic rings. The summed E-state index contributed by atoms with van der Waals surface area (Å²) in [4.78, 5) is 4.19. The minimum Gasteiger partial charge on any atom is -0.493 e. The van der Waals surface area contributed by atoms with Crippen molar-refractivity contribution in [2.45, 2.75) is 19.4 Å². The molecule has 3 rings (SSSR count). The number of hydrogen-bond acceptors (Lipinski definition) is 5. The highest BCUT2D eigenvalue weighted by Crippen LogP contribution is 2.30. The van der Waals surface area contributed by atoms with Crippen molar-refractivity contribution in [3.63, 3.8) is 0 Å². The minimum absolute atomic E-state index is 0. The molecule has 0 atom stereocenters. The lowest BCUT2D eigenvalue weighted by atomic mass is 10.2. The summed E-state index contributed by atoms with van der Waals surface area (Å²) in [6.07, 6.45) is 2.52. The summed E-state index contributed by atoms with van der Waals surface area (Å²) in [6, 6.07) is 7.98. The number of sulfonamides is 1. The van der Waals surface area contributed by atoms with Gasteiger partial charge in [-0.15, -0.1) is 24.0 Å². The van der Waals surface area contributed by atoms with Crippen LogP contribution in [0.3, 0.4) is 0 Å². The van der Waals surface area contributed by atoms with Crippen LogP contribution < -0.4 is 15.4 Å². The van der Waals surface area contributed by atoms with Crippen molar-refractivity contribution in [1.29, 1.82) is 0 Å². The lowest BCUT2D eigenvalue weighted by molar-refractivity contribution is 0.296. The number of halogens is 1. The van der Waals surface area contributed by atoms with Crippen molar-refractivity contribution in [1.82, 2.24) is 14.9 Å². The third-order valence-corrected chi connectivity index (χ3v) is 7.64. The van der Waals surface area contributed by atoms with Gasteiger partial charge in [-0.25, -0.2) is 12.7 Å². The number of rotatable bonds is 9. The Morgan fingerprint density at radius 3 is 2.66 bits per heavy atom. The highest BCUT2D eigenvalue weighted by Gasteiger charge is 2.24. The maximum absolute atomic E-state index is 12.4. The van der Waals surface area contributed by atoms with Crippen LogP contribution in [-0.4, -0.2) is 69.2 Å². The van der Waals surface area contributed by atoms with Crippen molar-refractivity contribution < 1.29 is 13.2 Å². The predicted octanol–water partition coefficient (Wildman–Crippen LogP) is 2.14. The summed E-state index contributed by atoms with van der Waals surface area (Å²) in [7, 11) is -1.53. The quantitative estimate of drug-likeness (QED) is 0.277. The second-order valence-corrected chi connectivity index (χ2v) is 10.4. The summed E-state index contributed by atoms with van der Waals surface area (Å²) in [5.41, 5.74) is 1.06. The third-order valence-electron chi connectivity index (χ3n) is 4.83. The van der Waals surface area contributed by atoms with Crippen molar-refractivity contribution >= 4 is 51.7 Å². The molecule has 1 aliphatic carbocycles. The Bertz CT molecular complexity index is 766. The van der Waals surface area contributed by atoms with E-state index < -0.39 is 10.0 Å². The highest BCUT2D eigenvalue weighted by molar-refractivity contribution is 14.0. The average molecular weight is 555 g/mol. The van der Waals surface area contributed by atoms with Gasteiger partial charge in [0.25, 0.3) is 0 Å². The van der Waals surface area contributed by atoms with Crippen molar-refractivity contribution in [3.05, 3.63) is 29.8 Å². The molecule has 0 spiro atoms. The number of benzene rings is 1. The van der Waals surface area contributed by atoms with E-state index in [0.29, 0.717) is 38.1 Å². The van der Waals surface area contributed by atoms with Crippen molar-refractivity contribution in [2.75, 3.05) is 50.5 Å². The molecule has 1 saturated carbocycles. The van der Waals surface area contributed by atoms with Crippen LogP contribution in [0.15, 0.2) is 29.3 Å². The van der Waals surface area contributed by atoms with E-state index in [1.165, 1.54) is 12.8 Å². The van der Waals surface area contributed by atoms with Crippen LogP contribution in [0.4, 0.5) is 0 Å². The topological polar surface area (TPSA) is 83.0 Å². The van der Waals surface area contributed by atoms with E-state index >= 15 is 0 Å². The fourth-order valence-electron chi connectivity index (χ4n) is 2.93. The van der Waals surface area contributed by atoms with E-state index in [2.05, 4.69) is 15.6 Å². The van der Waals surface area contributed by atoms with Gasteiger partial charge in [0.2, 0.25) is 10.0 Å². The van der Waals surface area contributed by atoms with Crippen LogP contribution in [0.25, 0.3) is 0 Å². The van der Waals surface area contributed by atoms with E-state index in [0.717, 1.165) is 29.4 Å². The van der Waals surface area contributed by atoms with Gasteiger partial charge < -0.3 is 15.4 Å². The maximum atomic E-state index is 12.4. The number of guanidine groups is 1. The number of para-hydroxylation sites is 1. The molecular weight excluding hydrogens is 523 g/mol. The molecule has 1 saturated heterocycles. The zero-order chi connectivity index (χ0) is 19.8. The molecule has 2 N–H and O–H groups in total. The normalized spacial score (nSPS) is 18.0. The van der Waals surface area contributed by atoms with Gasteiger partial charge in [0, 0.05) is 50.3 Å². The SMILES string of the molecule is CN=C(NCCS(=O)(=O)N1CCSCC1)NCc1ccccc1OCC1CC1.I. The Morgan fingerprint density at radius 1 is 1.24 bits per heavy atom. The number of hydrogen-bond donors (Lipinski definition) is 2. The van der Waals surface area contributed by atoms with Gasteiger partial charge in [-0.2, -0.15) is 11.8 Å². The summed E-state index contributed by atoms with van der Waals surface area (Å²) in [5.74, 6) is 4.00. The van der Waals surface area contributed by atoms with Crippen LogP contribution in [0.1, 0.15) is 18.4 Å². The molecule has 0 unspecified atom stereocenters. The molecule has 1 aliphatic heterocycles. The summed E-state index contributed by atoms with van der Waals surface area (Å²) < 4.78 is 32.3. The molecule has 1 heterocycles. The number of nitrogens with one attached hydrogen (secondary N) is 2. The Hall–Kier alpha value is -0.720. The number of ether oxygens (including phenoxy) is 1. The lowest BCUT2D eigenvalue weighted by Gasteiger charge is -2.25. The molecule has 164 valence electrons. The Labute approximate surface area is 195 Å². The fraction of sp³-hybridized carbons (Fsp3) is 0.632. The molecule has 0 aromatic heterocycles. The van der Waals surface area contributed by atoms with Crippen LogP contribution in [0.2, 0.25) is 0 Å². The second kappa shape index (κ2) is 12.2. The largest absolute Gasteiger partial charge is 0.493 e. The van der Waals surface area contributed by atoms with Gasteiger partial charge in [0.1, 0.15) is 5.75 Å². The minimum atomic E-state index is -3.22. The van der Waals surface area contributed by atoms with Crippen LogP contribution in [0.5, 0.6) is 5.75 Å². The zero-order valence-electron chi connectivity index (χ0n) is 16.8. The van der Waals surface area contributed by atoms with E-state index in [-0.39, 0.29) is 29.7 Å². The third kappa shape index (κ3) is 8.14. The summed E-state index contributed by atoms with van der Waals surface area (Å²) in [5, 5.41) is 6.34. The Morgan fingerprint density at radius 2 is 1.97 bits per heavy atom. The molecule has 0 bridgehead atoms. The highest BCUT2D eigenvalue weighted by atomic mass is 127. The number of aliphatic imine (C=N–C) groups is 1. The molecule has 10 heteroatoms. The van der Waals surface area contributed by atoms with Gasteiger partial charge in [-0.1, -0.05) is 18.2 Å². The molecule has 1 aromatic carbocycles. The summed E-state index contributed by atoms with van der Waals surface area (Å²) >= 11 is 1.80. The summed E-state index contributed by atoms with van der Waals surface area (Å²) in [6.45, 7) is 2.88. The standard InChI is InChI=1S/C19H30N4O3S2.HI/c1-20-19(21-8-13-28(24,25)23-9-11-27-12-10-23)22-14-17-4-2-3-5-18(17)26-15-16-6-7-16;/h2-5,16H,6-15H2,1H3,(H2,20,21,22);1H. The fourth-order valence-corrected chi connectivity index (χ4v) is 5.43. The molecule has 0 radical (unpaired) electrons. The van der Waals surface area contributed by atoms with Gasteiger partial charge in [-0.05, 0) is 24.8 Å². The first-order chi connectivity index (χ1) is 13.6. The smallest absolute Gasteiger partial charge is 0.215 e. The molecule has 7 nitrogen and oxygen atoms in total. The molecule has 2 fully saturated rings. The molecule has 29 heavy (non-hydrogen) atoms. The first-order valence-corrected chi connectivity index (χ1v) is 12.6. The molecular formula is C19H31IN4O3S2. The first kappa shape index (κ1) is 24.5. The van der Waals surface area contributed by atoms with Crippen LogP contribution in [0, 0.1) is 5.92 Å². The lowest BCUT2D eigenvalue weighted by Crippen LogP contribution is -2.44. The van der Waals surface area contributed by atoms with Gasteiger partial charge >= 0.3 is 0 Å².